The maximum absolute atomic E-state index is 9.51. The van der Waals surface area contributed by atoms with Crippen molar-refractivity contribution in [3.63, 3.8) is 0 Å². The minimum absolute atomic E-state index is 0.284. The molecule has 86 valence electrons. The molecule has 0 aliphatic heterocycles. The molecule has 0 amide bonds. The van der Waals surface area contributed by atoms with Gasteiger partial charge in [0.1, 0.15) is 5.82 Å². The summed E-state index contributed by atoms with van der Waals surface area (Å²) < 4.78 is 4.22. The summed E-state index contributed by atoms with van der Waals surface area (Å²) in [6.07, 6.45) is 3.53. The molecule has 0 aliphatic rings. The molecule has 1 heterocycles. The van der Waals surface area contributed by atoms with E-state index in [9.17, 15) is 5.11 Å². The molecule has 1 aromatic heterocycles. The molecular formula is C10H19N3OS. The number of aromatic nitrogens is 2. The summed E-state index contributed by atoms with van der Waals surface area (Å²) >= 11 is 1.37. The van der Waals surface area contributed by atoms with Crippen molar-refractivity contribution in [3.05, 3.63) is 5.82 Å². The van der Waals surface area contributed by atoms with Gasteiger partial charge < -0.3 is 10.4 Å². The summed E-state index contributed by atoms with van der Waals surface area (Å²) in [6, 6.07) is 0. The second kappa shape index (κ2) is 6.74. The molecule has 1 unspecified atom stereocenters. The van der Waals surface area contributed by atoms with Crippen molar-refractivity contribution in [1.29, 1.82) is 0 Å². The highest BCUT2D eigenvalue weighted by atomic mass is 32.1. The van der Waals surface area contributed by atoms with E-state index in [0.717, 1.165) is 36.6 Å². The molecular weight excluding hydrogens is 210 g/mol. The highest BCUT2D eigenvalue weighted by Gasteiger charge is 2.05. The van der Waals surface area contributed by atoms with Crippen LogP contribution in [0, 0.1) is 0 Å². The smallest absolute Gasteiger partial charge is 0.202 e. The molecule has 1 aromatic rings. The predicted molar refractivity (Wildman–Crippen MR) is 63.3 cm³/mol. The van der Waals surface area contributed by atoms with Gasteiger partial charge >= 0.3 is 0 Å². The molecule has 2 N–H and O–H groups in total. The third kappa shape index (κ3) is 4.57. The minimum atomic E-state index is -0.284. The van der Waals surface area contributed by atoms with E-state index in [4.69, 9.17) is 0 Å². The van der Waals surface area contributed by atoms with E-state index in [-0.39, 0.29) is 6.10 Å². The highest BCUT2D eigenvalue weighted by molar-refractivity contribution is 7.09. The van der Waals surface area contributed by atoms with E-state index in [1.807, 2.05) is 0 Å². The van der Waals surface area contributed by atoms with Crippen LogP contribution in [0.15, 0.2) is 0 Å². The van der Waals surface area contributed by atoms with Crippen LogP contribution in [-0.4, -0.2) is 27.1 Å². The molecule has 4 nitrogen and oxygen atoms in total. The number of nitrogens with zero attached hydrogens (tertiary/aromatic N) is 2. The van der Waals surface area contributed by atoms with Crippen molar-refractivity contribution in [1.82, 2.24) is 9.36 Å². The van der Waals surface area contributed by atoms with Crippen LogP contribution >= 0.6 is 11.5 Å². The topological polar surface area (TPSA) is 58.0 Å². The Hall–Kier alpha value is -0.680. The maximum Gasteiger partial charge on any atom is 0.202 e. The fraction of sp³-hybridized carbons (Fsp3) is 0.800. The van der Waals surface area contributed by atoms with Crippen LogP contribution in [0.2, 0.25) is 0 Å². The van der Waals surface area contributed by atoms with E-state index in [1.54, 1.807) is 0 Å². The number of aryl methyl sites for hydroxylation is 1. The van der Waals surface area contributed by atoms with Crippen molar-refractivity contribution in [3.8, 4) is 0 Å². The van der Waals surface area contributed by atoms with Crippen molar-refractivity contribution in [2.45, 2.75) is 45.6 Å². The molecule has 0 aromatic carbocycles. The molecule has 0 saturated heterocycles. The van der Waals surface area contributed by atoms with Gasteiger partial charge in [-0.1, -0.05) is 20.3 Å². The van der Waals surface area contributed by atoms with Gasteiger partial charge in [-0.2, -0.15) is 4.37 Å². The first-order valence-electron chi connectivity index (χ1n) is 5.50. The average molecular weight is 229 g/mol. The fourth-order valence-corrected chi connectivity index (χ4v) is 1.91. The monoisotopic (exact) mass is 229 g/mol. The lowest BCUT2D eigenvalue weighted by Gasteiger charge is -2.08. The zero-order valence-electron chi connectivity index (χ0n) is 9.36. The van der Waals surface area contributed by atoms with Gasteiger partial charge in [0.15, 0.2) is 0 Å². The van der Waals surface area contributed by atoms with E-state index < -0.39 is 0 Å². The van der Waals surface area contributed by atoms with Crippen LogP contribution < -0.4 is 5.32 Å². The second-order valence-corrected chi connectivity index (χ2v) is 4.34. The Morgan fingerprint density at radius 1 is 1.40 bits per heavy atom. The largest absolute Gasteiger partial charge is 0.391 e. The van der Waals surface area contributed by atoms with Gasteiger partial charge in [0.25, 0.3) is 0 Å². The van der Waals surface area contributed by atoms with Gasteiger partial charge in [-0.15, -0.1) is 0 Å². The molecule has 0 fully saturated rings. The van der Waals surface area contributed by atoms with Gasteiger partial charge in [0.2, 0.25) is 5.13 Å². The summed E-state index contributed by atoms with van der Waals surface area (Å²) in [7, 11) is 0. The normalized spacial score (nSPS) is 12.7. The lowest BCUT2D eigenvalue weighted by atomic mass is 10.2. The van der Waals surface area contributed by atoms with Crippen LogP contribution in [0.3, 0.4) is 0 Å². The van der Waals surface area contributed by atoms with Crippen LogP contribution in [-0.2, 0) is 6.42 Å². The van der Waals surface area contributed by atoms with E-state index in [2.05, 4.69) is 28.5 Å². The first kappa shape index (κ1) is 12.4. The lowest BCUT2D eigenvalue weighted by Crippen LogP contribution is -2.18. The summed E-state index contributed by atoms with van der Waals surface area (Å²) in [4.78, 5) is 4.32. The van der Waals surface area contributed by atoms with E-state index in [0.29, 0.717) is 6.54 Å². The van der Waals surface area contributed by atoms with Crippen LogP contribution in [0.25, 0.3) is 0 Å². The third-order valence-electron chi connectivity index (χ3n) is 2.05. The number of hydrogen-bond donors (Lipinski definition) is 2. The Bertz CT molecular complexity index is 277. The molecule has 1 atom stereocenters. The van der Waals surface area contributed by atoms with Crippen LogP contribution in [0.1, 0.15) is 38.9 Å². The lowest BCUT2D eigenvalue weighted by molar-refractivity contribution is 0.176. The molecule has 15 heavy (non-hydrogen) atoms. The van der Waals surface area contributed by atoms with E-state index >= 15 is 0 Å². The Balaban J connectivity index is 2.30. The zero-order valence-corrected chi connectivity index (χ0v) is 10.2. The second-order valence-electron chi connectivity index (χ2n) is 3.59. The fourth-order valence-electron chi connectivity index (χ4n) is 1.29. The van der Waals surface area contributed by atoms with Crippen molar-refractivity contribution < 1.29 is 5.11 Å². The van der Waals surface area contributed by atoms with Crippen molar-refractivity contribution in [2.24, 2.45) is 0 Å². The quantitative estimate of drug-likeness (QED) is 0.751. The number of hydrogen-bond acceptors (Lipinski definition) is 5. The molecule has 0 saturated carbocycles. The Labute approximate surface area is 94.9 Å². The van der Waals surface area contributed by atoms with E-state index in [1.165, 1.54) is 11.5 Å². The standard InChI is InChI=1S/C10H19N3OS/c1-3-5-8(14)7-11-10-12-9(6-4-2)13-15-10/h8,14H,3-7H2,1-2H3,(H,11,12,13). The summed E-state index contributed by atoms with van der Waals surface area (Å²) in [5.41, 5.74) is 0. The number of aliphatic hydroxyl groups is 1. The van der Waals surface area contributed by atoms with Crippen LogP contribution in [0.5, 0.6) is 0 Å². The Kier molecular flexibility index (Phi) is 5.57. The third-order valence-corrected chi connectivity index (χ3v) is 2.76. The first-order valence-corrected chi connectivity index (χ1v) is 6.28. The molecule has 0 radical (unpaired) electrons. The number of aliphatic hydroxyl groups excluding tert-OH is 1. The van der Waals surface area contributed by atoms with Gasteiger partial charge in [-0.3, -0.25) is 0 Å². The molecule has 0 bridgehead atoms. The van der Waals surface area contributed by atoms with Crippen molar-refractivity contribution >= 4 is 16.7 Å². The van der Waals surface area contributed by atoms with Gasteiger partial charge in [0.05, 0.1) is 6.10 Å². The van der Waals surface area contributed by atoms with Gasteiger partial charge in [-0.05, 0) is 12.8 Å². The maximum atomic E-state index is 9.51. The summed E-state index contributed by atoms with van der Waals surface area (Å²) in [5, 5.41) is 13.4. The summed E-state index contributed by atoms with van der Waals surface area (Å²) in [5.74, 6) is 0.898. The average Bonchev–Trinajstić information content (AvgIpc) is 2.64. The molecule has 0 spiro atoms. The number of rotatable bonds is 7. The van der Waals surface area contributed by atoms with Gasteiger partial charge in [-0.25, -0.2) is 4.98 Å². The molecule has 0 aliphatic carbocycles. The Morgan fingerprint density at radius 2 is 2.20 bits per heavy atom. The molecule has 1 rings (SSSR count). The SMILES string of the molecule is CCCc1nsc(NCC(O)CCC)n1. The molecule has 5 heteroatoms. The first-order chi connectivity index (χ1) is 7.26. The predicted octanol–water partition coefficient (Wildman–Crippen LogP) is 2.06. The zero-order chi connectivity index (χ0) is 11.1. The van der Waals surface area contributed by atoms with Crippen LogP contribution in [0.4, 0.5) is 5.13 Å². The number of anilines is 1. The summed E-state index contributed by atoms with van der Waals surface area (Å²) in [6.45, 7) is 4.74. The number of nitrogens with one attached hydrogen (secondary N) is 1. The minimum Gasteiger partial charge on any atom is -0.391 e. The Morgan fingerprint density at radius 3 is 2.87 bits per heavy atom. The van der Waals surface area contributed by atoms with Crippen molar-refractivity contribution in [2.75, 3.05) is 11.9 Å². The van der Waals surface area contributed by atoms with Gasteiger partial charge in [0, 0.05) is 24.5 Å². The highest BCUT2D eigenvalue weighted by Crippen LogP contribution is 2.12.